The summed E-state index contributed by atoms with van der Waals surface area (Å²) >= 11 is 0. The smallest absolute Gasteiger partial charge is 0.323 e. The molecule has 0 saturated carbocycles. The molecule has 0 bridgehead atoms. The maximum Gasteiger partial charge on any atom is 0.323 e. The van der Waals surface area contributed by atoms with E-state index in [2.05, 4.69) is 5.32 Å². The van der Waals surface area contributed by atoms with Crippen molar-refractivity contribution in [3.05, 3.63) is 0 Å². The Hall–Kier alpha value is -0.690. The lowest BCUT2D eigenvalue weighted by atomic mass is 10.0. The van der Waals surface area contributed by atoms with E-state index < -0.39 is 37.4 Å². The van der Waals surface area contributed by atoms with Crippen molar-refractivity contribution in [2.75, 3.05) is 26.4 Å². The monoisotopic (exact) mass is 235 g/mol. The van der Waals surface area contributed by atoms with Gasteiger partial charge >= 0.3 is 5.97 Å². The van der Waals surface area contributed by atoms with Crippen molar-refractivity contribution in [3.8, 4) is 0 Å². The molecule has 0 aromatic carbocycles. The van der Waals surface area contributed by atoms with Gasteiger partial charge in [0, 0.05) is 0 Å². The van der Waals surface area contributed by atoms with Crippen molar-refractivity contribution >= 4 is 5.97 Å². The molecule has 0 fully saturated rings. The van der Waals surface area contributed by atoms with Gasteiger partial charge in [-0.1, -0.05) is 6.92 Å². The lowest BCUT2D eigenvalue weighted by molar-refractivity contribution is -0.147. The predicted molar refractivity (Wildman–Crippen MR) is 57.8 cm³/mol. The lowest BCUT2D eigenvalue weighted by Crippen LogP contribution is -2.60. The zero-order chi connectivity index (χ0) is 12.6. The first kappa shape index (κ1) is 15.3. The van der Waals surface area contributed by atoms with Gasteiger partial charge in [0.2, 0.25) is 0 Å². The molecule has 6 nitrogen and oxygen atoms in total. The minimum Gasteiger partial charge on any atom is -0.465 e. The fraction of sp³-hybridized carbons (Fsp3) is 0.900. The molecule has 16 heavy (non-hydrogen) atoms. The van der Waals surface area contributed by atoms with Gasteiger partial charge in [0.15, 0.2) is 0 Å². The van der Waals surface area contributed by atoms with Gasteiger partial charge in [-0.05, 0) is 13.3 Å². The molecule has 4 N–H and O–H groups in total. The first-order chi connectivity index (χ1) is 7.59. The number of nitrogens with one attached hydrogen (secondary N) is 1. The second kappa shape index (κ2) is 7.56. The summed E-state index contributed by atoms with van der Waals surface area (Å²) in [7, 11) is 0. The van der Waals surface area contributed by atoms with Crippen LogP contribution in [0.1, 0.15) is 20.3 Å². The highest BCUT2D eigenvalue weighted by atomic mass is 16.5. The van der Waals surface area contributed by atoms with Crippen molar-refractivity contribution in [3.63, 3.8) is 0 Å². The fourth-order valence-electron chi connectivity index (χ4n) is 1.23. The predicted octanol–water partition coefficient (Wildman–Crippen LogP) is -1.37. The van der Waals surface area contributed by atoms with Crippen LogP contribution < -0.4 is 5.32 Å². The Balaban J connectivity index is 4.54. The Kier molecular flexibility index (Phi) is 7.24. The van der Waals surface area contributed by atoms with Gasteiger partial charge in [-0.15, -0.1) is 0 Å². The van der Waals surface area contributed by atoms with Gasteiger partial charge in [-0.2, -0.15) is 0 Å². The highest BCUT2D eigenvalue weighted by Gasteiger charge is 2.33. The van der Waals surface area contributed by atoms with Crippen LogP contribution in [0.25, 0.3) is 0 Å². The van der Waals surface area contributed by atoms with Crippen LogP contribution >= 0.6 is 0 Å². The molecule has 0 rings (SSSR count). The number of aliphatic hydroxyl groups excluding tert-OH is 3. The number of rotatable bonds is 8. The minimum absolute atomic E-state index is 0.265. The summed E-state index contributed by atoms with van der Waals surface area (Å²) < 4.78 is 4.83. The van der Waals surface area contributed by atoms with Crippen LogP contribution in [0, 0.1) is 0 Å². The molecule has 0 aliphatic rings. The van der Waals surface area contributed by atoms with Crippen LogP contribution in [0.5, 0.6) is 0 Å². The molecule has 0 aliphatic heterocycles. The average Bonchev–Trinajstić information content (AvgIpc) is 2.32. The molecule has 0 amide bonds. The Morgan fingerprint density at radius 3 is 2.06 bits per heavy atom. The van der Waals surface area contributed by atoms with E-state index >= 15 is 0 Å². The first-order valence-corrected chi connectivity index (χ1v) is 5.36. The molecule has 1 atom stereocenters. The number of ether oxygens (including phenoxy) is 1. The van der Waals surface area contributed by atoms with E-state index in [0.29, 0.717) is 6.42 Å². The van der Waals surface area contributed by atoms with Crippen LogP contribution in [0.3, 0.4) is 0 Å². The quantitative estimate of drug-likeness (QED) is 0.388. The molecule has 0 saturated heterocycles. The summed E-state index contributed by atoms with van der Waals surface area (Å²) in [5, 5.41) is 30.0. The lowest BCUT2D eigenvalue weighted by Gasteiger charge is -2.32. The number of hydrogen-bond donors (Lipinski definition) is 4. The fourth-order valence-corrected chi connectivity index (χ4v) is 1.23. The maximum absolute atomic E-state index is 11.5. The number of hydrogen-bond acceptors (Lipinski definition) is 6. The van der Waals surface area contributed by atoms with E-state index in [1.54, 1.807) is 13.8 Å². The van der Waals surface area contributed by atoms with Gasteiger partial charge in [0.05, 0.1) is 32.0 Å². The summed E-state index contributed by atoms with van der Waals surface area (Å²) in [6, 6.07) is -0.647. The van der Waals surface area contributed by atoms with Crippen molar-refractivity contribution in [2.24, 2.45) is 0 Å². The summed E-state index contributed by atoms with van der Waals surface area (Å²) in [6.07, 6.45) is 0.445. The molecule has 0 spiro atoms. The normalized spacial score (nSPS) is 13.6. The van der Waals surface area contributed by atoms with Crippen molar-refractivity contribution in [1.29, 1.82) is 0 Å². The van der Waals surface area contributed by atoms with E-state index in [0.717, 1.165) is 0 Å². The van der Waals surface area contributed by atoms with E-state index in [1.165, 1.54) is 0 Å². The SMILES string of the molecule is CCOC(=O)C(CC)NC(CO)(CO)CO. The summed E-state index contributed by atoms with van der Waals surface area (Å²) in [5.74, 6) is -0.454. The minimum atomic E-state index is -1.26. The molecule has 96 valence electrons. The van der Waals surface area contributed by atoms with Crippen molar-refractivity contribution in [1.82, 2.24) is 5.32 Å². The van der Waals surface area contributed by atoms with Crippen molar-refractivity contribution in [2.45, 2.75) is 31.8 Å². The van der Waals surface area contributed by atoms with E-state index in [-0.39, 0.29) is 6.61 Å². The number of esters is 1. The second-order valence-corrected chi connectivity index (χ2v) is 3.61. The molecule has 0 aromatic rings. The van der Waals surface area contributed by atoms with Gasteiger partial charge in [-0.25, -0.2) is 0 Å². The molecule has 0 aromatic heterocycles. The highest BCUT2D eigenvalue weighted by Crippen LogP contribution is 2.07. The van der Waals surface area contributed by atoms with Crippen LogP contribution in [-0.2, 0) is 9.53 Å². The number of aliphatic hydroxyl groups is 3. The summed E-state index contributed by atoms with van der Waals surface area (Å²) in [5.41, 5.74) is -1.26. The third kappa shape index (κ3) is 4.05. The Bertz CT molecular complexity index is 197. The molecular formula is C10H21NO5. The summed E-state index contributed by atoms with van der Waals surface area (Å²) in [4.78, 5) is 11.5. The maximum atomic E-state index is 11.5. The topological polar surface area (TPSA) is 99.0 Å². The molecule has 1 unspecified atom stereocenters. The molecule has 0 aliphatic carbocycles. The van der Waals surface area contributed by atoms with Gasteiger partial charge in [-0.3, -0.25) is 10.1 Å². The first-order valence-electron chi connectivity index (χ1n) is 5.36. The highest BCUT2D eigenvalue weighted by molar-refractivity contribution is 5.75. The van der Waals surface area contributed by atoms with Crippen LogP contribution in [0.2, 0.25) is 0 Å². The van der Waals surface area contributed by atoms with Crippen LogP contribution in [0.4, 0.5) is 0 Å². The van der Waals surface area contributed by atoms with Crippen molar-refractivity contribution < 1.29 is 24.9 Å². The molecule has 0 radical (unpaired) electrons. The van der Waals surface area contributed by atoms with Crippen LogP contribution in [-0.4, -0.2) is 59.3 Å². The average molecular weight is 235 g/mol. The summed E-state index contributed by atoms with van der Waals surface area (Å²) in [6.45, 7) is 2.34. The van der Waals surface area contributed by atoms with Gasteiger partial charge in [0.25, 0.3) is 0 Å². The largest absolute Gasteiger partial charge is 0.465 e. The van der Waals surface area contributed by atoms with E-state index in [1.807, 2.05) is 0 Å². The number of carbonyl (C=O) groups excluding carboxylic acids is 1. The Morgan fingerprint density at radius 1 is 1.25 bits per heavy atom. The van der Waals surface area contributed by atoms with Gasteiger partial charge in [0.1, 0.15) is 6.04 Å². The molecule has 6 heteroatoms. The van der Waals surface area contributed by atoms with E-state index in [9.17, 15) is 4.79 Å². The zero-order valence-electron chi connectivity index (χ0n) is 9.77. The Labute approximate surface area is 95.2 Å². The van der Waals surface area contributed by atoms with Gasteiger partial charge < -0.3 is 20.1 Å². The molecular weight excluding hydrogens is 214 g/mol. The zero-order valence-corrected chi connectivity index (χ0v) is 9.77. The number of carbonyl (C=O) groups is 1. The third-order valence-corrected chi connectivity index (χ3v) is 2.37. The third-order valence-electron chi connectivity index (χ3n) is 2.37. The van der Waals surface area contributed by atoms with Crippen LogP contribution in [0.15, 0.2) is 0 Å². The molecule has 0 heterocycles. The van der Waals surface area contributed by atoms with E-state index in [4.69, 9.17) is 20.1 Å². The Morgan fingerprint density at radius 2 is 1.75 bits per heavy atom. The second-order valence-electron chi connectivity index (χ2n) is 3.61. The standard InChI is InChI=1S/C10H21NO5/c1-3-8(9(15)16-4-2)11-10(5-12,6-13)7-14/h8,11-14H,3-7H2,1-2H3.